The highest BCUT2D eigenvalue weighted by molar-refractivity contribution is 8.32. The van der Waals surface area contributed by atoms with Crippen molar-refractivity contribution in [2.45, 2.75) is 20.0 Å². The zero-order valence-electron chi connectivity index (χ0n) is 24.3. The number of rotatable bonds is 10. The van der Waals surface area contributed by atoms with E-state index in [9.17, 15) is 14.4 Å². The van der Waals surface area contributed by atoms with Gasteiger partial charge >= 0.3 is 12.1 Å². The molecule has 0 aliphatic carbocycles. The Balaban J connectivity index is 1.43. The lowest BCUT2D eigenvalue weighted by atomic mass is 10.1. The number of aromatic nitrogens is 1. The Labute approximate surface area is 251 Å². The number of fused-ring (bicyclic) bond motifs is 1. The molecule has 8 nitrogen and oxygen atoms in total. The van der Waals surface area contributed by atoms with Gasteiger partial charge in [0.25, 0.3) is 5.91 Å². The first-order valence-corrected chi connectivity index (χ1v) is 16.6. The molecule has 0 bridgehead atoms. The fourth-order valence-corrected chi connectivity index (χ4v) is 5.02. The second kappa shape index (κ2) is 13.4. The van der Waals surface area contributed by atoms with E-state index in [0.717, 1.165) is 16.7 Å². The molecule has 0 saturated heterocycles. The molecule has 0 saturated carbocycles. The highest BCUT2D eigenvalue weighted by Gasteiger charge is 2.22. The van der Waals surface area contributed by atoms with E-state index >= 15 is 0 Å². The van der Waals surface area contributed by atoms with Crippen molar-refractivity contribution in [2.24, 2.45) is 0 Å². The van der Waals surface area contributed by atoms with Gasteiger partial charge < -0.3 is 18.9 Å². The largest absolute Gasteiger partial charge is 0.513 e. The number of halogens is 1. The Bertz CT molecular complexity index is 1590. The van der Waals surface area contributed by atoms with E-state index in [1.807, 2.05) is 6.07 Å². The maximum Gasteiger partial charge on any atom is 0.513 e. The maximum absolute atomic E-state index is 13.5. The molecular formula is C32H34ClNO7S. The first-order valence-electron chi connectivity index (χ1n) is 13.2. The summed E-state index contributed by atoms with van der Waals surface area (Å²) in [5.41, 5.74) is 3.15. The van der Waals surface area contributed by atoms with Crippen LogP contribution in [0.25, 0.3) is 10.9 Å². The van der Waals surface area contributed by atoms with Gasteiger partial charge in [-0.1, -0.05) is 23.7 Å². The molecule has 0 atom stereocenters. The summed E-state index contributed by atoms with van der Waals surface area (Å²) in [7, 11) is 0.796. The lowest BCUT2D eigenvalue weighted by Crippen LogP contribution is -2.15. The van der Waals surface area contributed by atoms with Gasteiger partial charge in [-0.25, -0.2) is 14.8 Å². The molecule has 4 rings (SSSR count). The van der Waals surface area contributed by atoms with Crippen LogP contribution in [0.2, 0.25) is 5.02 Å². The zero-order valence-corrected chi connectivity index (χ0v) is 25.8. The third kappa shape index (κ3) is 7.86. The van der Waals surface area contributed by atoms with Crippen LogP contribution in [-0.4, -0.2) is 60.8 Å². The molecule has 0 aliphatic heterocycles. The third-order valence-electron chi connectivity index (χ3n) is 6.60. The molecule has 4 aromatic rings. The second-order valence-corrected chi connectivity index (χ2v) is 15.6. The van der Waals surface area contributed by atoms with Crippen molar-refractivity contribution in [3.8, 4) is 11.5 Å². The topological polar surface area (TPSA) is 93.1 Å². The van der Waals surface area contributed by atoms with Crippen molar-refractivity contribution < 1.29 is 33.3 Å². The smallest absolute Gasteiger partial charge is 0.497 e. The molecular weight excluding hydrogens is 578 g/mol. The first kappa shape index (κ1) is 31.0. The van der Waals surface area contributed by atoms with Gasteiger partial charge in [0, 0.05) is 27.4 Å². The van der Waals surface area contributed by atoms with Crippen LogP contribution < -0.4 is 9.47 Å². The number of ether oxygens (including phenoxy) is 4. The van der Waals surface area contributed by atoms with E-state index < -0.39 is 22.2 Å². The Morgan fingerprint density at radius 3 is 2.19 bits per heavy atom. The summed E-state index contributed by atoms with van der Waals surface area (Å²) in [6, 6.07) is 18.7. The Morgan fingerprint density at radius 2 is 1.55 bits per heavy atom. The van der Waals surface area contributed by atoms with Crippen molar-refractivity contribution in [3.63, 3.8) is 0 Å². The molecule has 0 aliphatic rings. The van der Waals surface area contributed by atoms with Crippen LogP contribution in [0, 0.1) is 6.92 Å². The molecule has 0 fully saturated rings. The van der Waals surface area contributed by atoms with Gasteiger partial charge in [0.05, 0.1) is 19.0 Å². The van der Waals surface area contributed by atoms with Crippen molar-refractivity contribution in [1.82, 2.24) is 4.57 Å². The lowest BCUT2D eigenvalue weighted by molar-refractivity contribution is -0.144. The second-order valence-electron chi connectivity index (χ2n) is 10.6. The average Bonchev–Trinajstić information content (AvgIpc) is 3.22. The SMILES string of the molecule is COc1ccc2c(c1)c(CC(=O)OCc1ccc(OC(=O)OCCS(C)(C)C)cc1)c(C)n2C(=O)c1ccc(Cl)cc1. The van der Waals surface area contributed by atoms with Crippen LogP contribution in [0.3, 0.4) is 0 Å². The number of carbonyl (C=O) groups excluding carboxylic acids is 3. The molecule has 10 heteroatoms. The molecule has 3 aromatic carbocycles. The number of esters is 1. The van der Waals surface area contributed by atoms with Crippen molar-refractivity contribution >= 4 is 50.6 Å². The number of methoxy groups -OCH3 is 1. The third-order valence-corrected chi connectivity index (χ3v) is 8.24. The standard InChI is InChI=1S/C32H34ClNO7S/c1-21-27(28-18-26(38-2)14-15-29(28)34(21)31(36)23-8-10-24(33)11-9-23)19-30(35)40-20-22-6-12-25(13-7-22)41-32(37)39-16-17-42(3,4)5/h6-15,18H,16-17,19-20H2,1-5H3. The summed E-state index contributed by atoms with van der Waals surface area (Å²) < 4.78 is 22.9. The highest BCUT2D eigenvalue weighted by Crippen LogP contribution is 2.34. The zero-order chi connectivity index (χ0) is 30.4. The number of carbonyl (C=O) groups is 3. The summed E-state index contributed by atoms with van der Waals surface area (Å²) in [4.78, 5) is 38.4. The van der Waals surface area contributed by atoms with Crippen LogP contribution in [0.15, 0.2) is 66.7 Å². The highest BCUT2D eigenvalue weighted by atomic mass is 35.5. The number of nitrogens with zero attached hydrogens (tertiary/aromatic N) is 1. The number of benzene rings is 3. The van der Waals surface area contributed by atoms with Crippen molar-refractivity contribution in [1.29, 1.82) is 0 Å². The van der Waals surface area contributed by atoms with E-state index in [2.05, 4.69) is 18.8 Å². The minimum absolute atomic E-state index is 0.0304. The predicted octanol–water partition coefficient (Wildman–Crippen LogP) is 6.80. The predicted molar refractivity (Wildman–Crippen MR) is 167 cm³/mol. The summed E-state index contributed by atoms with van der Waals surface area (Å²) in [5.74, 6) is 1.05. The lowest BCUT2D eigenvalue weighted by Gasteiger charge is -2.24. The minimum Gasteiger partial charge on any atom is -0.497 e. The van der Waals surface area contributed by atoms with E-state index in [4.69, 9.17) is 30.5 Å². The molecule has 0 amide bonds. The van der Waals surface area contributed by atoms with Crippen molar-refractivity contribution in [3.05, 3.63) is 94.1 Å². The van der Waals surface area contributed by atoms with Gasteiger partial charge in [-0.2, -0.15) is 0 Å². The van der Waals surface area contributed by atoms with Gasteiger partial charge in [0.1, 0.15) is 24.7 Å². The normalized spacial score (nSPS) is 11.7. The van der Waals surface area contributed by atoms with Crippen molar-refractivity contribution in [2.75, 3.05) is 38.2 Å². The Hall–Kier alpha value is -3.95. The summed E-state index contributed by atoms with van der Waals surface area (Å²) in [6.45, 7) is 2.14. The van der Waals surface area contributed by atoms with Gasteiger partial charge in [-0.15, -0.1) is 0 Å². The Kier molecular flexibility index (Phi) is 9.85. The van der Waals surface area contributed by atoms with E-state index in [-0.39, 0.29) is 18.9 Å². The molecule has 0 spiro atoms. The molecule has 222 valence electrons. The average molecular weight is 612 g/mol. The Morgan fingerprint density at radius 1 is 0.881 bits per heavy atom. The fraction of sp³-hybridized carbons (Fsp3) is 0.281. The molecule has 1 heterocycles. The summed E-state index contributed by atoms with van der Waals surface area (Å²) in [5, 5.41) is 1.26. The van der Waals surface area contributed by atoms with Crippen LogP contribution in [0.4, 0.5) is 4.79 Å². The quantitative estimate of drug-likeness (QED) is 0.144. The van der Waals surface area contributed by atoms with Crippen LogP contribution in [0.1, 0.15) is 27.2 Å². The first-order chi connectivity index (χ1) is 19.9. The van der Waals surface area contributed by atoms with E-state index in [0.29, 0.717) is 45.5 Å². The number of hydrogen-bond donors (Lipinski definition) is 0. The van der Waals surface area contributed by atoms with Gasteiger partial charge in [-0.05, 0) is 91.4 Å². The van der Waals surface area contributed by atoms with Crippen LogP contribution in [-0.2, 0) is 27.3 Å². The van der Waals surface area contributed by atoms with Crippen LogP contribution >= 0.6 is 21.6 Å². The van der Waals surface area contributed by atoms with Crippen LogP contribution in [0.5, 0.6) is 11.5 Å². The number of hydrogen-bond acceptors (Lipinski definition) is 7. The molecule has 0 N–H and O–H groups in total. The van der Waals surface area contributed by atoms with E-state index in [1.165, 1.54) is 0 Å². The van der Waals surface area contributed by atoms with Gasteiger partial charge in [0.2, 0.25) is 0 Å². The molecule has 1 aromatic heterocycles. The minimum atomic E-state index is -0.764. The fourth-order valence-electron chi connectivity index (χ4n) is 4.31. The molecule has 42 heavy (non-hydrogen) atoms. The van der Waals surface area contributed by atoms with Gasteiger partial charge in [0.15, 0.2) is 0 Å². The maximum atomic E-state index is 13.5. The monoisotopic (exact) mass is 611 g/mol. The summed E-state index contributed by atoms with van der Waals surface area (Å²) in [6.07, 6.45) is 5.65. The molecule has 0 radical (unpaired) electrons. The summed E-state index contributed by atoms with van der Waals surface area (Å²) >= 11 is 6.01. The van der Waals surface area contributed by atoms with Gasteiger partial charge in [-0.3, -0.25) is 14.2 Å². The van der Waals surface area contributed by atoms with E-state index in [1.54, 1.807) is 79.3 Å². The molecule has 0 unspecified atom stereocenters.